The summed E-state index contributed by atoms with van der Waals surface area (Å²) in [6.07, 6.45) is 1.56. The number of amides is 2. The molecular formula is C27H24ClN3O4S. The van der Waals surface area contributed by atoms with Gasteiger partial charge in [0, 0.05) is 22.1 Å². The lowest BCUT2D eigenvalue weighted by atomic mass is 10.1. The molecule has 0 unspecified atom stereocenters. The van der Waals surface area contributed by atoms with Crippen LogP contribution in [0.4, 0.5) is 5.69 Å². The van der Waals surface area contributed by atoms with Crippen molar-refractivity contribution >= 4 is 58.5 Å². The minimum absolute atomic E-state index is 0.00577. The molecule has 0 radical (unpaired) electrons. The lowest BCUT2D eigenvalue weighted by molar-refractivity contribution is -0.122. The van der Waals surface area contributed by atoms with E-state index >= 15 is 0 Å². The molecular weight excluding hydrogens is 498 g/mol. The maximum absolute atomic E-state index is 13.5. The predicted octanol–water partition coefficient (Wildman–Crippen LogP) is 5.06. The molecule has 2 amide bonds. The van der Waals surface area contributed by atoms with E-state index in [1.807, 2.05) is 30.5 Å². The zero-order valence-corrected chi connectivity index (χ0v) is 21.8. The van der Waals surface area contributed by atoms with E-state index in [2.05, 4.69) is 5.32 Å². The molecule has 0 atom stereocenters. The van der Waals surface area contributed by atoms with Crippen molar-refractivity contribution in [1.82, 2.24) is 9.88 Å². The Morgan fingerprint density at radius 3 is 2.56 bits per heavy atom. The molecule has 1 saturated heterocycles. The van der Waals surface area contributed by atoms with Crippen LogP contribution in [-0.2, 0) is 14.3 Å². The Morgan fingerprint density at radius 2 is 1.83 bits per heavy atom. The minimum atomic E-state index is -0.574. The number of thiocarbonyl (C=S) groups is 1. The van der Waals surface area contributed by atoms with Crippen LogP contribution in [0.5, 0.6) is 0 Å². The van der Waals surface area contributed by atoms with Gasteiger partial charge in [-0.3, -0.25) is 19.8 Å². The lowest BCUT2D eigenvalue weighted by Gasteiger charge is -2.30. The summed E-state index contributed by atoms with van der Waals surface area (Å²) in [5.41, 5.74) is 4.66. The average molecular weight is 522 g/mol. The lowest BCUT2D eigenvalue weighted by Crippen LogP contribution is -2.54. The number of hydrogen-bond acceptors (Lipinski definition) is 5. The zero-order valence-electron chi connectivity index (χ0n) is 20.2. The molecule has 36 heavy (non-hydrogen) atoms. The number of hydrogen-bond donors (Lipinski definition) is 1. The molecule has 0 bridgehead atoms. The Balaban J connectivity index is 1.75. The number of aromatic nitrogens is 1. The van der Waals surface area contributed by atoms with Gasteiger partial charge in [0.1, 0.15) is 5.57 Å². The highest BCUT2D eigenvalue weighted by molar-refractivity contribution is 7.80. The molecule has 1 N–H and O–H groups in total. The first kappa shape index (κ1) is 25.3. The van der Waals surface area contributed by atoms with Crippen LogP contribution < -0.4 is 10.2 Å². The Bertz CT molecular complexity index is 1460. The van der Waals surface area contributed by atoms with Gasteiger partial charge in [0.15, 0.2) is 5.11 Å². The molecule has 0 saturated carbocycles. The van der Waals surface area contributed by atoms with Crippen molar-refractivity contribution in [1.29, 1.82) is 0 Å². The highest BCUT2D eigenvalue weighted by atomic mass is 35.5. The fraction of sp³-hybridized carbons (Fsp3) is 0.185. The van der Waals surface area contributed by atoms with Crippen molar-refractivity contribution in [2.45, 2.75) is 27.7 Å². The molecule has 2 heterocycles. The van der Waals surface area contributed by atoms with E-state index in [-0.39, 0.29) is 17.3 Å². The minimum Gasteiger partial charge on any atom is -0.462 e. The SMILES string of the molecule is CCOC(=O)c1cccc(-n2c(C)cc(/C=C3\C(=O)NC(=S)N(c4cccc(Cl)c4C)C3=O)c2C)c1. The third-order valence-corrected chi connectivity index (χ3v) is 6.66. The van der Waals surface area contributed by atoms with Crippen LogP contribution in [0.25, 0.3) is 11.8 Å². The number of ether oxygens (including phenoxy) is 1. The largest absolute Gasteiger partial charge is 0.462 e. The van der Waals surface area contributed by atoms with Crippen LogP contribution in [0.3, 0.4) is 0 Å². The first-order valence-electron chi connectivity index (χ1n) is 11.3. The number of esters is 1. The fourth-order valence-electron chi connectivity index (χ4n) is 4.19. The maximum atomic E-state index is 13.5. The number of benzene rings is 2. The fourth-order valence-corrected chi connectivity index (χ4v) is 4.63. The summed E-state index contributed by atoms with van der Waals surface area (Å²) >= 11 is 11.6. The highest BCUT2D eigenvalue weighted by Gasteiger charge is 2.35. The van der Waals surface area contributed by atoms with Gasteiger partial charge in [-0.25, -0.2) is 4.79 Å². The van der Waals surface area contributed by atoms with E-state index in [1.54, 1.807) is 56.3 Å². The van der Waals surface area contributed by atoms with Gasteiger partial charge < -0.3 is 9.30 Å². The van der Waals surface area contributed by atoms with Crippen molar-refractivity contribution in [3.05, 3.63) is 87.2 Å². The summed E-state index contributed by atoms with van der Waals surface area (Å²) in [5, 5.41) is 3.09. The first-order chi connectivity index (χ1) is 17.1. The third-order valence-electron chi connectivity index (χ3n) is 5.97. The number of rotatable bonds is 5. The molecule has 9 heteroatoms. The summed E-state index contributed by atoms with van der Waals surface area (Å²) in [6.45, 7) is 7.61. The van der Waals surface area contributed by atoms with Crippen LogP contribution in [0.1, 0.15) is 39.8 Å². The van der Waals surface area contributed by atoms with Crippen molar-refractivity contribution in [2.75, 3.05) is 11.5 Å². The van der Waals surface area contributed by atoms with E-state index in [4.69, 9.17) is 28.6 Å². The van der Waals surface area contributed by atoms with Crippen LogP contribution >= 0.6 is 23.8 Å². The number of aryl methyl sites for hydroxylation is 1. The molecule has 4 rings (SSSR count). The Labute approximate surface area is 219 Å². The second-order valence-corrected chi connectivity index (χ2v) is 9.07. The van der Waals surface area contributed by atoms with Gasteiger partial charge in [0.25, 0.3) is 11.8 Å². The number of nitrogens with zero attached hydrogens (tertiary/aromatic N) is 2. The number of carbonyl (C=O) groups is 3. The molecule has 1 aliphatic heterocycles. The topological polar surface area (TPSA) is 80.6 Å². The normalized spacial score (nSPS) is 14.9. The Kier molecular flexibility index (Phi) is 7.10. The van der Waals surface area contributed by atoms with Gasteiger partial charge >= 0.3 is 5.97 Å². The molecule has 1 aromatic heterocycles. The Hall–Kier alpha value is -3.75. The quantitative estimate of drug-likeness (QED) is 0.219. The summed E-state index contributed by atoms with van der Waals surface area (Å²) in [5.74, 6) is -1.51. The standard InChI is InChI=1S/C27H24ClN3O4S/c1-5-35-26(34)18-8-6-9-20(13-18)30-15(2)12-19(17(30)4)14-21-24(32)29-27(36)31(25(21)33)23-11-7-10-22(28)16(23)3/h6-14H,5H2,1-4H3,(H,29,32,36)/b21-14+. The molecule has 2 aromatic carbocycles. The molecule has 7 nitrogen and oxygen atoms in total. The summed E-state index contributed by atoms with van der Waals surface area (Å²) < 4.78 is 7.06. The van der Waals surface area contributed by atoms with Gasteiger partial charge in [0.05, 0.1) is 17.9 Å². The molecule has 0 aliphatic carbocycles. The van der Waals surface area contributed by atoms with Crippen molar-refractivity contribution < 1.29 is 19.1 Å². The summed E-state index contributed by atoms with van der Waals surface area (Å²) in [7, 11) is 0. The smallest absolute Gasteiger partial charge is 0.338 e. The monoisotopic (exact) mass is 521 g/mol. The average Bonchev–Trinajstić information content (AvgIpc) is 3.12. The second-order valence-electron chi connectivity index (χ2n) is 8.27. The van der Waals surface area contributed by atoms with Crippen molar-refractivity contribution in [3.8, 4) is 5.69 Å². The van der Waals surface area contributed by atoms with E-state index in [1.165, 1.54) is 4.90 Å². The number of nitrogens with one attached hydrogen (secondary N) is 1. The highest BCUT2D eigenvalue weighted by Crippen LogP contribution is 2.30. The van der Waals surface area contributed by atoms with Crippen LogP contribution in [0, 0.1) is 20.8 Å². The predicted molar refractivity (Wildman–Crippen MR) is 144 cm³/mol. The molecule has 184 valence electrons. The van der Waals surface area contributed by atoms with Crippen LogP contribution in [0.15, 0.2) is 54.1 Å². The maximum Gasteiger partial charge on any atom is 0.338 e. The van der Waals surface area contributed by atoms with Gasteiger partial charge in [-0.1, -0.05) is 23.7 Å². The molecule has 3 aromatic rings. The first-order valence-corrected chi connectivity index (χ1v) is 12.1. The van der Waals surface area contributed by atoms with Crippen LogP contribution in [-0.4, -0.2) is 34.1 Å². The Morgan fingerprint density at radius 1 is 1.11 bits per heavy atom. The van der Waals surface area contributed by atoms with Crippen molar-refractivity contribution in [3.63, 3.8) is 0 Å². The summed E-state index contributed by atoms with van der Waals surface area (Å²) in [4.78, 5) is 39.8. The van der Waals surface area contributed by atoms with Gasteiger partial charge in [-0.2, -0.15) is 0 Å². The van der Waals surface area contributed by atoms with E-state index in [9.17, 15) is 14.4 Å². The van der Waals surface area contributed by atoms with Crippen molar-refractivity contribution in [2.24, 2.45) is 0 Å². The van der Waals surface area contributed by atoms with Gasteiger partial charge in [0.2, 0.25) is 0 Å². The molecule has 1 fully saturated rings. The van der Waals surface area contributed by atoms with Gasteiger partial charge in [-0.15, -0.1) is 0 Å². The number of anilines is 1. The van der Waals surface area contributed by atoms with E-state index in [0.29, 0.717) is 27.4 Å². The third kappa shape index (κ3) is 4.57. The number of halogens is 1. The summed E-state index contributed by atoms with van der Waals surface area (Å²) in [6, 6.07) is 14.1. The number of carbonyl (C=O) groups excluding carboxylic acids is 3. The molecule has 0 spiro atoms. The van der Waals surface area contributed by atoms with Gasteiger partial charge in [-0.05, 0) is 93.5 Å². The molecule has 1 aliphatic rings. The van der Waals surface area contributed by atoms with E-state index < -0.39 is 17.8 Å². The van der Waals surface area contributed by atoms with E-state index in [0.717, 1.165) is 17.1 Å². The second kappa shape index (κ2) is 10.1. The zero-order chi connectivity index (χ0) is 26.1. The van der Waals surface area contributed by atoms with Crippen LogP contribution in [0.2, 0.25) is 5.02 Å².